The van der Waals surface area contributed by atoms with Crippen LogP contribution in [-0.4, -0.2) is 57.8 Å². The number of halogens is 1. The summed E-state index contributed by atoms with van der Waals surface area (Å²) in [6, 6.07) is 0. The van der Waals surface area contributed by atoms with Crippen molar-refractivity contribution in [3.05, 3.63) is 11.6 Å². The number of guanidine groups is 1. The number of hydrogen-bond donors (Lipinski definition) is 1. The van der Waals surface area contributed by atoms with Crippen LogP contribution in [0.5, 0.6) is 0 Å². The molecular formula is C18H33IN6O2. The van der Waals surface area contributed by atoms with Crippen molar-refractivity contribution in [2.45, 2.75) is 53.0 Å². The molecule has 0 spiro atoms. The minimum Gasteiger partial charge on any atom is -0.466 e. The van der Waals surface area contributed by atoms with Gasteiger partial charge in [0.05, 0.1) is 12.5 Å². The van der Waals surface area contributed by atoms with Crippen molar-refractivity contribution >= 4 is 35.9 Å². The first-order chi connectivity index (χ1) is 12.6. The number of aromatic nitrogens is 3. The van der Waals surface area contributed by atoms with Crippen molar-refractivity contribution in [1.82, 2.24) is 25.0 Å². The van der Waals surface area contributed by atoms with Gasteiger partial charge in [-0.15, -0.1) is 34.2 Å². The minimum atomic E-state index is -0.0702. The lowest BCUT2D eigenvalue weighted by Crippen LogP contribution is -2.47. The number of carbonyl (C=O) groups excluding carboxylic acids is 1. The Morgan fingerprint density at radius 1 is 1.30 bits per heavy atom. The summed E-state index contributed by atoms with van der Waals surface area (Å²) in [6.45, 7) is 9.39. The lowest BCUT2D eigenvalue weighted by molar-refractivity contribution is -0.149. The molecule has 154 valence electrons. The summed E-state index contributed by atoms with van der Waals surface area (Å²) in [4.78, 5) is 18.9. The molecule has 1 fully saturated rings. The number of esters is 1. The summed E-state index contributed by atoms with van der Waals surface area (Å²) in [5.74, 6) is 2.55. The first-order valence-electron chi connectivity index (χ1n) is 9.61. The Kier molecular flexibility index (Phi) is 10.6. The van der Waals surface area contributed by atoms with Crippen molar-refractivity contribution in [2.24, 2.45) is 18.0 Å². The van der Waals surface area contributed by atoms with Crippen molar-refractivity contribution in [3.63, 3.8) is 0 Å². The number of aryl methyl sites for hydroxylation is 1. The lowest BCUT2D eigenvalue weighted by Gasteiger charge is -2.33. The first-order valence-corrected chi connectivity index (χ1v) is 9.61. The summed E-state index contributed by atoms with van der Waals surface area (Å²) in [5.41, 5.74) is 0. The van der Waals surface area contributed by atoms with Crippen LogP contribution in [0.4, 0.5) is 0 Å². The Bertz CT molecular complexity index is 611. The van der Waals surface area contributed by atoms with Gasteiger partial charge in [-0.3, -0.25) is 4.79 Å². The number of likely N-dealkylation sites (tertiary alicyclic amines) is 1. The van der Waals surface area contributed by atoms with Crippen LogP contribution in [0, 0.1) is 12.8 Å². The van der Waals surface area contributed by atoms with Crippen LogP contribution < -0.4 is 5.32 Å². The Hall–Kier alpha value is -1.39. The van der Waals surface area contributed by atoms with E-state index in [1.807, 2.05) is 25.5 Å². The third-order valence-electron chi connectivity index (χ3n) is 4.78. The zero-order chi connectivity index (χ0) is 18.9. The normalized spacial score (nSPS) is 15.4. The number of nitrogens with one attached hydrogen (secondary N) is 1. The fourth-order valence-electron chi connectivity index (χ4n) is 2.97. The highest BCUT2D eigenvalue weighted by Gasteiger charge is 2.27. The van der Waals surface area contributed by atoms with E-state index < -0.39 is 0 Å². The zero-order valence-electron chi connectivity index (χ0n) is 16.9. The van der Waals surface area contributed by atoms with E-state index in [4.69, 9.17) is 9.73 Å². The average molecular weight is 492 g/mol. The SMILES string of the molecule is CCCCNC(=NCc1nnc(C)n1C)N1CCC(C(=O)OCC)CC1.I. The van der Waals surface area contributed by atoms with Crippen LogP contribution in [0.25, 0.3) is 0 Å². The second-order valence-electron chi connectivity index (χ2n) is 6.66. The topological polar surface area (TPSA) is 84.6 Å². The molecule has 1 saturated heterocycles. The van der Waals surface area contributed by atoms with E-state index in [9.17, 15) is 4.79 Å². The third kappa shape index (κ3) is 6.93. The Morgan fingerprint density at radius 2 is 2.00 bits per heavy atom. The summed E-state index contributed by atoms with van der Waals surface area (Å²) in [5, 5.41) is 11.7. The predicted molar refractivity (Wildman–Crippen MR) is 116 cm³/mol. The maximum atomic E-state index is 11.9. The van der Waals surface area contributed by atoms with Gasteiger partial charge in [0.2, 0.25) is 0 Å². The largest absolute Gasteiger partial charge is 0.466 e. The van der Waals surface area contributed by atoms with Crippen LogP contribution in [0.1, 0.15) is 51.2 Å². The maximum absolute atomic E-state index is 11.9. The van der Waals surface area contributed by atoms with Gasteiger partial charge in [-0.05, 0) is 33.1 Å². The molecule has 2 rings (SSSR count). The van der Waals surface area contributed by atoms with Gasteiger partial charge in [-0.1, -0.05) is 13.3 Å². The number of aliphatic imine (C=N–C) groups is 1. The highest BCUT2D eigenvalue weighted by atomic mass is 127. The van der Waals surface area contributed by atoms with Gasteiger partial charge in [-0.2, -0.15) is 0 Å². The standard InChI is InChI=1S/C18H32N6O2.HI/c1-5-7-10-19-18(20-13-16-22-21-14(3)23(16)4)24-11-8-15(9-12-24)17(25)26-6-2;/h15H,5-13H2,1-4H3,(H,19,20);1H. The van der Waals surface area contributed by atoms with E-state index in [2.05, 4.69) is 27.3 Å². The monoisotopic (exact) mass is 492 g/mol. The molecule has 0 atom stereocenters. The number of ether oxygens (including phenoxy) is 1. The smallest absolute Gasteiger partial charge is 0.309 e. The highest BCUT2D eigenvalue weighted by molar-refractivity contribution is 14.0. The molecule has 8 nitrogen and oxygen atoms in total. The fraction of sp³-hybridized carbons (Fsp3) is 0.778. The van der Waals surface area contributed by atoms with Crippen LogP contribution >= 0.6 is 24.0 Å². The summed E-state index contributed by atoms with van der Waals surface area (Å²) < 4.78 is 7.11. The number of hydrogen-bond acceptors (Lipinski definition) is 5. The molecule has 1 aromatic heterocycles. The maximum Gasteiger partial charge on any atom is 0.309 e. The number of nitrogens with zero attached hydrogens (tertiary/aromatic N) is 5. The molecule has 0 aromatic carbocycles. The summed E-state index contributed by atoms with van der Waals surface area (Å²) in [7, 11) is 1.95. The van der Waals surface area contributed by atoms with Gasteiger partial charge in [0.25, 0.3) is 0 Å². The van der Waals surface area contributed by atoms with Crippen LogP contribution in [0.2, 0.25) is 0 Å². The number of carbonyl (C=O) groups is 1. The van der Waals surface area contributed by atoms with Crippen molar-refractivity contribution in [3.8, 4) is 0 Å². The first kappa shape index (κ1) is 23.6. The Labute approximate surface area is 179 Å². The molecule has 2 heterocycles. The molecule has 0 aliphatic carbocycles. The number of rotatable bonds is 7. The second-order valence-corrected chi connectivity index (χ2v) is 6.66. The van der Waals surface area contributed by atoms with E-state index in [-0.39, 0.29) is 35.9 Å². The van der Waals surface area contributed by atoms with Crippen LogP contribution in [0.3, 0.4) is 0 Å². The van der Waals surface area contributed by atoms with Crippen molar-refractivity contribution < 1.29 is 9.53 Å². The van der Waals surface area contributed by atoms with Gasteiger partial charge in [-0.25, -0.2) is 4.99 Å². The Balaban J connectivity index is 0.00000364. The molecule has 27 heavy (non-hydrogen) atoms. The average Bonchev–Trinajstić information content (AvgIpc) is 2.97. The van der Waals surface area contributed by atoms with E-state index in [1.165, 1.54) is 0 Å². The molecular weight excluding hydrogens is 459 g/mol. The molecule has 1 aliphatic heterocycles. The molecule has 0 unspecified atom stereocenters. The molecule has 0 bridgehead atoms. The second kappa shape index (κ2) is 12.1. The molecule has 0 saturated carbocycles. The molecule has 1 aliphatic rings. The zero-order valence-corrected chi connectivity index (χ0v) is 19.2. The predicted octanol–water partition coefficient (Wildman–Crippen LogP) is 2.26. The molecule has 1 aromatic rings. The van der Waals surface area contributed by atoms with E-state index in [1.54, 1.807) is 0 Å². The third-order valence-corrected chi connectivity index (χ3v) is 4.78. The summed E-state index contributed by atoms with van der Waals surface area (Å²) in [6.07, 6.45) is 3.84. The van der Waals surface area contributed by atoms with Gasteiger partial charge < -0.3 is 19.5 Å². The number of piperidine rings is 1. The molecule has 0 radical (unpaired) electrons. The van der Waals surface area contributed by atoms with Gasteiger partial charge >= 0.3 is 5.97 Å². The van der Waals surface area contributed by atoms with Crippen LogP contribution in [-0.2, 0) is 23.1 Å². The fourth-order valence-corrected chi connectivity index (χ4v) is 2.97. The van der Waals surface area contributed by atoms with E-state index in [0.717, 1.165) is 62.9 Å². The molecule has 1 N–H and O–H groups in total. The summed E-state index contributed by atoms with van der Waals surface area (Å²) >= 11 is 0. The lowest BCUT2D eigenvalue weighted by atomic mass is 9.97. The minimum absolute atomic E-state index is 0. The van der Waals surface area contributed by atoms with Crippen molar-refractivity contribution in [1.29, 1.82) is 0 Å². The molecule has 9 heteroatoms. The number of unbranched alkanes of at least 4 members (excludes halogenated alkanes) is 1. The van der Waals surface area contributed by atoms with Gasteiger partial charge in [0.15, 0.2) is 11.8 Å². The van der Waals surface area contributed by atoms with Crippen molar-refractivity contribution in [2.75, 3.05) is 26.2 Å². The highest BCUT2D eigenvalue weighted by Crippen LogP contribution is 2.19. The van der Waals surface area contributed by atoms with Crippen LogP contribution in [0.15, 0.2) is 4.99 Å². The molecule has 0 amide bonds. The van der Waals surface area contributed by atoms with E-state index in [0.29, 0.717) is 13.2 Å². The van der Waals surface area contributed by atoms with Gasteiger partial charge in [0, 0.05) is 26.7 Å². The Morgan fingerprint density at radius 3 is 2.56 bits per heavy atom. The quantitative estimate of drug-likeness (QED) is 0.207. The van der Waals surface area contributed by atoms with E-state index >= 15 is 0 Å². The van der Waals surface area contributed by atoms with Gasteiger partial charge in [0.1, 0.15) is 12.4 Å².